The Labute approximate surface area is 193 Å². The van der Waals surface area contributed by atoms with Gasteiger partial charge in [-0.15, -0.1) is 0 Å². The normalized spacial score (nSPS) is 19.3. The Morgan fingerprint density at radius 1 is 0.970 bits per heavy atom. The Balaban J connectivity index is 1.25. The predicted octanol–water partition coefficient (Wildman–Crippen LogP) is 4.02. The van der Waals surface area contributed by atoms with Crippen molar-refractivity contribution in [3.63, 3.8) is 0 Å². The number of aliphatic carboxylic acids is 1. The van der Waals surface area contributed by atoms with Crippen molar-refractivity contribution in [3.05, 3.63) is 59.7 Å². The van der Waals surface area contributed by atoms with Gasteiger partial charge < -0.3 is 20.1 Å². The van der Waals surface area contributed by atoms with E-state index in [9.17, 15) is 14.4 Å². The van der Waals surface area contributed by atoms with Gasteiger partial charge in [-0.2, -0.15) is 0 Å². The number of carboxylic acid groups (broad SMARTS) is 1. The van der Waals surface area contributed by atoms with Gasteiger partial charge in [0.25, 0.3) is 0 Å². The van der Waals surface area contributed by atoms with Crippen molar-refractivity contribution in [2.75, 3.05) is 20.2 Å². The lowest BCUT2D eigenvalue weighted by Gasteiger charge is -2.30. The van der Waals surface area contributed by atoms with Gasteiger partial charge in [0.1, 0.15) is 6.61 Å². The first-order valence-electron chi connectivity index (χ1n) is 11.5. The molecule has 2 amide bonds. The van der Waals surface area contributed by atoms with Crippen LogP contribution in [0.15, 0.2) is 48.5 Å². The fourth-order valence-electron chi connectivity index (χ4n) is 4.98. The topological polar surface area (TPSA) is 95.9 Å². The Morgan fingerprint density at radius 2 is 1.55 bits per heavy atom. The highest BCUT2D eigenvalue weighted by molar-refractivity contribution is 5.80. The number of ether oxygens (including phenoxy) is 1. The van der Waals surface area contributed by atoms with Crippen LogP contribution in [-0.4, -0.2) is 54.2 Å². The Kier molecular flexibility index (Phi) is 6.96. The monoisotopic (exact) mass is 450 g/mol. The predicted molar refractivity (Wildman–Crippen MR) is 124 cm³/mol. The zero-order valence-electron chi connectivity index (χ0n) is 18.8. The van der Waals surface area contributed by atoms with Crippen molar-refractivity contribution in [1.29, 1.82) is 0 Å². The number of amides is 2. The van der Waals surface area contributed by atoms with Gasteiger partial charge in [0.2, 0.25) is 5.91 Å². The van der Waals surface area contributed by atoms with Crippen molar-refractivity contribution in [2.24, 2.45) is 5.92 Å². The largest absolute Gasteiger partial charge is 0.481 e. The minimum absolute atomic E-state index is 0.0177. The second-order valence-corrected chi connectivity index (χ2v) is 8.92. The molecule has 2 N–H and O–H groups in total. The molecule has 2 aliphatic carbocycles. The zero-order chi connectivity index (χ0) is 23.4. The summed E-state index contributed by atoms with van der Waals surface area (Å²) in [6.07, 6.45) is 2.27. The fraction of sp³-hybridized carbons (Fsp3) is 0.423. The first-order valence-corrected chi connectivity index (χ1v) is 11.5. The molecule has 0 aromatic heterocycles. The molecule has 0 radical (unpaired) electrons. The third-order valence-corrected chi connectivity index (χ3v) is 6.78. The van der Waals surface area contributed by atoms with E-state index in [0.29, 0.717) is 25.7 Å². The number of carboxylic acids is 1. The molecular formula is C26H30N2O5. The lowest BCUT2D eigenvalue weighted by atomic mass is 9.85. The Morgan fingerprint density at radius 3 is 2.12 bits per heavy atom. The van der Waals surface area contributed by atoms with E-state index in [1.807, 2.05) is 24.3 Å². The van der Waals surface area contributed by atoms with Crippen molar-refractivity contribution >= 4 is 18.0 Å². The molecule has 33 heavy (non-hydrogen) atoms. The van der Waals surface area contributed by atoms with Gasteiger partial charge in [0, 0.05) is 31.5 Å². The fourth-order valence-corrected chi connectivity index (χ4v) is 4.98. The van der Waals surface area contributed by atoms with Gasteiger partial charge in [-0.3, -0.25) is 9.59 Å². The second-order valence-electron chi connectivity index (χ2n) is 8.92. The van der Waals surface area contributed by atoms with Crippen LogP contribution in [0.3, 0.4) is 0 Å². The first kappa shape index (κ1) is 22.8. The third kappa shape index (κ3) is 5.18. The van der Waals surface area contributed by atoms with Crippen LogP contribution in [0.2, 0.25) is 0 Å². The van der Waals surface area contributed by atoms with E-state index in [0.717, 1.165) is 0 Å². The number of hydrogen-bond acceptors (Lipinski definition) is 4. The molecule has 2 aromatic carbocycles. The smallest absolute Gasteiger partial charge is 0.407 e. The summed E-state index contributed by atoms with van der Waals surface area (Å²) in [5.41, 5.74) is 4.74. The molecule has 0 atom stereocenters. The summed E-state index contributed by atoms with van der Waals surface area (Å²) in [6, 6.07) is 16.4. The van der Waals surface area contributed by atoms with Gasteiger partial charge in [0.15, 0.2) is 0 Å². The van der Waals surface area contributed by atoms with Crippen LogP contribution in [0.4, 0.5) is 4.79 Å². The molecule has 0 heterocycles. The van der Waals surface area contributed by atoms with E-state index in [-0.39, 0.29) is 43.4 Å². The molecule has 1 saturated carbocycles. The van der Waals surface area contributed by atoms with Crippen molar-refractivity contribution < 1.29 is 24.2 Å². The molecular weight excluding hydrogens is 420 g/mol. The highest BCUT2D eigenvalue weighted by atomic mass is 16.5. The van der Waals surface area contributed by atoms with Gasteiger partial charge in [-0.05, 0) is 47.9 Å². The molecule has 1 fully saturated rings. The summed E-state index contributed by atoms with van der Waals surface area (Å²) in [5.74, 6) is -1.02. The summed E-state index contributed by atoms with van der Waals surface area (Å²) < 4.78 is 5.63. The van der Waals surface area contributed by atoms with Crippen LogP contribution < -0.4 is 5.32 Å². The van der Waals surface area contributed by atoms with Gasteiger partial charge in [-0.25, -0.2) is 4.79 Å². The second kappa shape index (κ2) is 10.1. The number of carbonyl (C=O) groups is 3. The van der Waals surface area contributed by atoms with E-state index in [1.54, 1.807) is 7.05 Å². The van der Waals surface area contributed by atoms with Crippen molar-refractivity contribution in [1.82, 2.24) is 10.2 Å². The molecule has 7 heteroatoms. The average molecular weight is 451 g/mol. The molecule has 7 nitrogen and oxygen atoms in total. The molecule has 4 rings (SSSR count). The minimum Gasteiger partial charge on any atom is -0.481 e. The van der Waals surface area contributed by atoms with Crippen LogP contribution in [0.1, 0.15) is 49.1 Å². The standard InChI is InChI=1S/C26H30N2O5/c1-28(15-14-24(29)30)25(31)17-10-12-18(13-11-17)27-26(32)33-16-23-21-8-4-2-6-19(21)20-7-3-5-9-22(20)23/h2-9,17-18,23H,10-16H2,1H3,(H,27,32)(H,29,30). The molecule has 0 aliphatic heterocycles. The molecule has 0 unspecified atom stereocenters. The van der Waals surface area contributed by atoms with Crippen LogP contribution in [0, 0.1) is 5.92 Å². The van der Waals surface area contributed by atoms with Gasteiger partial charge in [-0.1, -0.05) is 48.5 Å². The zero-order valence-corrected chi connectivity index (χ0v) is 18.8. The third-order valence-electron chi connectivity index (χ3n) is 6.78. The van der Waals surface area contributed by atoms with Gasteiger partial charge >= 0.3 is 12.1 Å². The molecule has 2 aromatic rings. The number of hydrogen-bond donors (Lipinski definition) is 2. The Bertz CT molecular complexity index is 983. The average Bonchev–Trinajstić information content (AvgIpc) is 3.15. The van der Waals surface area contributed by atoms with Crippen molar-refractivity contribution in [2.45, 2.75) is 44.1 Å². The number of nitrogens with one attached hydrogen (secondary N) is 1. The van der Waals surface area contributed by atoms with Crippen LogP contribution in [0.25, 0.3) is 11.1 Å². The maximum Gasteiger partial charge on any atom is 0.407 e. The molecule has 174 valence electrons. The molecule has 0 spiro atoms. The van der Waals surface area contributed by atoms with E-state index >= 15 is 0 Å². The highest BCUT2D eigenvalue weighted by Gasteiger charge is 2.31. The lowest BCUT2D eigenvalue weighted by molar-refractivity contribution is -0.139. The number of fused-ring (bicyclic) bond motifs is 3. The maximum atomic E-state index is 12.5. The van der Waals surface area contributed by atoms with Crippen molar-refractivity contribution in [3.8, 4) is 11.1 Å². The number of alkyl carbamates (subject to hydrolysis) is 1. The molecule has 0 saturated heterocycles. The summed E-state index contributed by atoms with van der Waals surface area (Å²) in [5, 5.41) is 11.7. The summed E-state index contributed by atoms with van der Waals surface area (Å²) in [4.78, 5) is 37.2. The van der Waals surface area contributed by atoms with Crippen LogP contribution >= 0.6 is 0 Å². The summed E-state index contributed by atoms with van der Waals surface area (Å²) >= 11 is 0. The first-order chi connectivity index (χ1) is 15.9. The van der Waals surface area contributed by atoms with Crippen LogP contribution in [0.5, 0.6) is 0 Å². The summed E-state index contributed by atoms with van der Waals surface area (Å²) in [7, 11) is 1.65. The lowest BCUT2D eigenvalue weighted by Crippen LogP contribution is -2.42. The number of carbonyl (C=O) groups excluding carboxylic acids is 2. The SMILES string of the molecule is CN(CCC(=O)O)C(=O)C1CCC(NC(=O)OCC2c3ccccc3-c3ccccc32)CC1. The number of nitrogens with zero attached hydrogens (tertiary/aromatic N) is 1. The number of benzene rings is 2. The number of rotatable bonds is 7. The highest BCUT2D eigenvalue weighted by Crippen LogP contribution is 2.44. The maximum absolute atomic E-state index is 12.5. The summed E-state index contributed by atoms with van der Waals surface area (Å²) in [6.45, 7) is 0.494. The molecule has 0 bridgehead atoms. The van der Waals surface area contributed by atoms with Gasteiger partial charge in [0.05, 0.1) is 6.42 Å². The van der Waals surface area contributed by atoms with E-state index in [4.69, 9.17) is 9.84 Å². The van der Waals surface area contributed by atoms with E-state index in [1.165, 1.54) is 27.2 Å². The van der Waals surface area contributed by atoms with Crippen LogP contribution in [-0.2, 0) is 14.3 Å². The minimum atomic E-state index is -0.911. The van der Waals surface area contributed by atoms with E-state index < -0.39 is 12.1 Å². The van der Waals surface area contributed by atoms with E-state index in [2.05, 4.69) is 29.6 Å². The Hall–Kier alpha value is -3.35. The molecule has 2 aliphatic rings. The quantitative estimate of drug-likeness (QED) is 0.664.